The molecule has 2 rings (SSSR count). The van der Waals surface area contributed by atoms with Crippen LogP contribution in [0.2, 0.25) is 0 Å². The zero-order chi connectivity index (χ0) is 18.8. The maximum atomic E-state index is 9.98. The molecule has 8 heteroatoms. The fourth-order valence-electron chi connectivity index (χ4n) is 2.32. The van der Waals surface area contributed by atoms with E-state index in [0.717, 1.165) is 11.5 Å². The van der Waals surface area contributed by atoms with Crippen LogP contribution in [-0.4, -0.2) is 51.7 Å². The predicted molar refractivity (Wildman–Crippen MR) is 102 cm³/mol. The first-order chi connectivity index (χ1) is 12.6. The van der Waals surface area contributed by atoms with Gasteiger partial charge in [0.2, 0.25) is 0 Å². The maximum absolute atomic E-state index is 9.98. The van der Waals surface area contributed by atoms with Gasteiger partial charge >= 0.3 is 14.2 Å². The number of rotatable bonds is 11. The zero-order valence-corrected chi connectivity index (χ0v) is 15.1. The van der Waals surface area contributed by atoms with Gasteiger partial charge in [-0.1, -0.05) is 24.3 Å². The van der Waals surface area contributed by atoms with Crippen molar-refractivity contribution in [3.8, 4) is 11.5 Å². The summed E-state index contributed by atoms with van der Waals surface area (Å²) in [6.45, 7) is 0.796. The maximum Gasteiger partial charge on any atom is 0.491 e. The van der Waals surface area contributed by atoms with Gasteiger partial charge < -0.3 is 28.8 Å². The van der Waals surface area contributed by atoms with Crippen LogP contribution in [0.3, 0.4) is 0 Å². The number of hydrogen-bond donors (Lipinski definition) is 2. The van der Waals surface area contributed by atoms with Crippen molar-refractivity contribution in [2.24, 2.45) is 0 Å². The predicted octanol–water partition coefficient (Wildman–Crippen LogP) is 0.592. The molecule has 26 heavy (non-hydrogen) atoms. The molecule has 0 fully saturated rings. The molecule has 0 unspecified atom stereocenters. The first kappa shape index (κ1) is 20.3. The lowest BCUT2D eigenvalue weighted by Crippen LogP contribution is -2.34. The van der Waals surface area contributed by atoms with Gasteiger partial charge in [0.15, 0.2) is 0 Å². The average molecular weight is 358 g/mol. The van der Waals surface area contributed by atoms with E-state index in [0.29, 0.717) is 37.0 Å². The topological polar surface area (TPSA) is 77.4 Å². The Balaban J connectivity index is 1.60. The number of hydrogen-bond acceptors (Lipinski definition) is 6. The molecular weight excluding hydrogens is 334 g/mol. The lowest BCUT2D eigenvalue weighted by molar-refractivity contribution is 0.229. The minimum Gasteiger partial charge on any atom is -0.497 e. The lowest BCUT2D eigenvalue weighted by atomic mass is 9.79. The molecule has 0 heterocycles. The number of unbranched alkanes of at least 4 members (excludes halogenated alkanes) is 1. The minimum absolute atomic E-state index is 0.398. The van der Waals surface area contributed by atoms with Gasteiger partial charge in [0.1, 0.15) is 11.5 Å². The van der Waals surface area contributed by atoms with Crippen LogP contribution in [0.5, 0.6) is 11.5 Å². The summed E-state index contributed by atoms with van der Waals surface area (Å²) in [5, 5.41) is 20.0. The van der Waals surface area contributed by atoms with E-state index in [1.54, 1.807) is 62.8 Å². The van der Waals surface area contributed by atoms with E-state index in [1.807, 2.05) is 0 Å². The van der Waals surface area contributed by atoms with E-state index in [4.69, 9.17) is 18.8 Å². The van der Waals surface area contributed by atoms with Crippen LogP contribution in [0.25, 0.3) is 0 Å². The second-order valence-corrected chi connectivity index (χ2v) is 5.70. The van der Waals surface area contributed by atoms with Gasteiger partial charge in [-0.15, -0.1) is 0 Å². The molecule has 0 saturated heterocycles. The zero-order valence-electron chi connectivity index (χ0n) is 15.1. The Kier molecular flexibility index (Phi) is 8.50. The summed E-state index contributed by atoms with van der Waals surface area (Å²) in [6.07, 6.45) is 1.42. The summed E-state index contributed by atoms with van der Waals surface area (Å²) >= 11 is 0. The van der Waals surface area contributed by atoms with Crippen molar-refractivity contribution in [1.29, 1.82) is 0 Å². The van der Waals surface area contributed by atoms with Gasteiger partial charge in [0.25, 0.3) is 0 Å². The SMILES string of the molecule is COc1ccc(B(O)OCCCCOB(O)c2ccc(OC)cc2)cc1. The van der Waals surface area contributed by atoms with Gasteiger partial charge in [-0.3, -0.25) is 0 Å². The third kappa shape index (κ3) is 6.38. The van der Waals surface area contributed by atoms with Crippen molar-refractivity contribution in [3.63, 3.8) is 0 Å². The van der Waals surface area contributed by atoms with Crippen molar-refractivity contribution in [1.82, 2.24) is 0 Å². The molecule has 0 aliphatic carbocycles. The highest BCUT2D eigenvalue weighted by Crippen LogP contribution is 2.07. The summed E-state index contributed by atoms with van der Waals surface area (Å²) in [7, 11) is 1.25. The van der Waals surface area contributed by atoms with Gasteiger partial charge in [-0.2, -0.15) is 0 Å². The van der Waals surface area contributed by atoms with E-state index in [-0.39, 0.29) is 0 Å². The summed E-state index contributed by atoms with van der Waals surface area (Å²) < 4.78 is 21.0. The lowest BCUT2D eigenvalue weighted by Gasteiger charge is -2.11. The molecule has 0 atom stereocenters. The molecule has 138 valence electrons. The number of ether oxygens (including phenoxy) is 2. The second kappa shape index (κ2) is 10.9. The summed E-state index contributed by atoms with van der Waals surface area (Å²) in [5.41, 5.74) is 1.36. The molecule has 2 N–H and O–H groups in total. The molecule has 0 aromatic heterocycles. The molecule has 0 bridgehead atoms. The quantitative estimate of drug-likeness (QED) is 0.453. The van der Waals surface area contributed by atoms with E-state index in [2.05, 4.69) is 0 Å². The number of benzene rings is 2. The summed E-state index contributed by atoms with van der Waals surface area (Å²) in [5.74, 6) is 1.46. The Morgan fingerprint density at radius 1 is 0.654 bits per heavy atom. The van der Waals surface area contributed by atoms with Crippen LogP contribution >= 0.6 is 0 Å². The van der Waals surface area contributed by atoms with Crippen molar-refractivity contribution in [2.45, 2.75) is 12.8 Å². The van der Waals surface area contributed by atoms with Crippen molar-refractivity contribution >= 4 is 25.2 Å². The third-order valence-corrected chi connectivity index (χ3v) is 3.89. The van der Waals surface area contributed by atoms with Gasteiger partial charge in [0.05, 0.1) is 14.2 Å². The van der Waals surface area contributed by atoms with Crippen LogP contribution in [0.15, 0.2) is 48.5 Å². The molecule has 2 aromatic carbocycles. The molecule has 0 saturated carbocycles. The Labute approximate surface area is 155 Å². The van der Waals surface area contributed by atoms with Gasteiger partial charge in [-0.05, 0) is 48.0 Å². The molecule has 2 aromatic rings. The summed E-state index contributed by atoms with van der Waals surface area (Å²) in [4.78, 5) is 0. The van der Waals surface area contributed by atoms with Crippen molar-refractivity contribution in [2.75, 3.05) is 27.4 Å². The fraction of sp³-hybridized carbons (Fsp3) is 0.333. The monoisotopic (exact) mass is 358 g/mol. The van der Waals surface area contributed by atoms with E-state index >= 15 is 0 Å². The van der Waals surface area contributed by atoms with Crippen LogP contribution in [0, 0.1) is 0 Å². The largest absolute Gasteiger partial charge is 0.497 e. The minimum atomic E-state index is -0.966. The van der Waals surface area contributed by atoms with E-state index in [9.17, 15) is 10.0 Å². The molecule has 0 aliphatic rings. The van der Waals surface area contributed by atoms with E-state index in [1.165, 1.54) is 0 Å². The van der Waals surface area contributed by atoms with Crippen LogP contribution in [0.1, 0.15) is 12.8 Å². The molecular formula is C18H24B2O6. The van der Waals surface area contributed by atoms with Crippen molar-refractivity contribution < 1.29 is 28.8 Å². The highest BCUT2D eigenvalue weighted by atomic mass is 16.5. The Morgan fingerprint density at radius 3 is 1.31 bits per heavy atom. The molecule has 6 nitrogen and oxygen atoms in total. The highest BCUT2D eigenvalue weighted by Gasteiger charge is 2.17. The van der Waals surface area contributed by atoms with Gasteiger partial charge in [0, 0.05) is 13.2 Å². The van der Waals surface area contributed by atoms with Crippen LogP contribution < -0.4 is 20.4 Å². The molecule has 0 radical (unpaired) electrons. The Bertz CT molecular complexity index is 578. The van der Waals surface area contributed by atoms with E-state index < -0.39 is 14.2 Å². The standard InChI is InChI=1S/C18H24B2O6/c1-23-17-9-5-15(6-10-17)19(21)25-13-3-4-14-26-20(22)16-7-11-18(24-2)12-8-16/h5-12,21-22H,3-4,13-14H2,1-2H3. The highest BCUT2D eigenvalue weighted by molar-refractivity contribution is 6.60. The average Bonchev–Trinajstić information content (AvgIpc) is 2.70. The first-order valence-electron chi connectivity index (χ1n) is 8.51. The molecule has 0 amide bonds. The molecule has 0 aliphatic heterocycles. The number of methoxy groups -OCH3 is 2. The van der Waals surface area contributed by atoms with Gasteiger partial charge in [-0.25, -0.2) is 0 Å². The fourth-order valence-corrected chi connectivity index (χ4v) is 2.32. The van der Waals surface area contributed by atoms with Crippen LogP contribution in [0.4, 0.5) is 0 Å². The summed E-state index contributed by atoms with van der Waals surface area (Å²) in [6, 6.07) is 14.1. The second-order valence-electron chi connectivity index (χ2n) is 5.70. The third-order valence-electron chi connectivity index (χ3n) is 3.89. The first-order valence-corrected chi connectivity index (χ1v) is 8.51. The Morgan fingerprint density at radius 2 is 1.00 bits per heavy atom. The Hall–Kier alpha value is -1.99. The van der Waals surface area contributed by atoms with Crippen LogP contribution in [-0.2, 0) is 9.31 Å². The molecule has 0 spiro atoms. The normalized spacial score (nSPS) is 10.5. The smallest absolute Gasteiger partial charge is 0.491 e. The van der Waals surface area contributed by atoms with Crippen molar-refractivity contribution in [3.05, 3.63) is 48.5 Å².